The van der Waals surface area contributed by atoms with Crippen molar-refractivity contribution in [2.24, 2.45) is 23.7 Å². The van der Waals surface area contributed by atoms with E-state index in [1.807, 2.05) is 20.8 Å². The molecule has 0 radical (unpaired) electrons. The van der Waals surface area contributed by atoms with Crippen LogP contribution in [0.3, 0.4) is 0 Å². The van der Waals surface area contributed by atoms with Gasteiger partial charge in [0.15, 0.2) is 0 Å². The van der Waals surface area contributed by atoms with E-state index in [0.29, 0.717) is 12.8 Å². The highest BCUT2D eigenvalue weighted by Crippen LogP contribution is 2.50. The highest BCUT2D eigenvalue weighted by Gasteiger charge is 2.53. The zero-order chi connectivity index (χ0) is 24.0. The lowest BCUT2D eigenvalue weighted by Crippen LogP contribution is -2.35. The highest BCUT2D eigenvalue weighted by atomic mass is 16.6. The van der Waals surface area contributed by atoms with Crippen molar-refractivity contribution in [1.82, 2.24) is 0 Å². The van der Waals surface area contributed by atoms with Crippen LogP contribution in [0.1, 0.15) is 67.2 Å². The van der Waals surface area contributed by atoms with Crippen molar-refractivity contribution in [3.05, 3.63) is 23.3 Å². The van der Waals surface area contributed by atoms with Crippen LogP contribution in [0.2, 0.25) is 0 Å². The van der Waals surface area contributed by atoms with Crippen LogP contribution in [0.25, 0.3) is 0 Å². The minimum absolute atomic E-state index is 0.00417. The van der Waals surface area contributed by atoms with E-state index < -0.39 is 30.1 Å². The summed E-state index contributed by atoms with van der Waals surface area (Å²) in [7, 11) is 0. The summed E-state index contributed by atoms with van der Waals surface area (Å²) in [5, 5.41) is 0. The number of ether oxygens (including phenoxy) is 3. The average Bonchev–Trinajstić information content (AvgIpc) is 3.18. The van der Waals surface area contributed by atoms with Gasteiger partial charge in [0.25, 0.3) is 0 Å². The topological polar surface area (TPSA) is 96.0 Å². The third-order valence-corrected chi connectivity index (χ3v) is 6.43. The Balaban J connectivity index is 2.39. The van der Waals surface area contributed by atoms with E-state index in [1.54, 1.807) is 0 Å². The van der Waals surface area contributed by atoms with Crippen molar-refractivity contribution in [2.75, 3.05) is 6.61 Å². The molecule has 6 atom stereocenters. The summed E-state index contributed by atoms with van der Waals surface area (Å²) < 4.78 is 16.3. The lowest BCUT2D eigenvalue weighted by Gasteiger charge is -2.31. The number of allylic oxidation sites excluding steroid dienone is 4. The van der Waals surface area contributed by atoms with E-state index in [9.17, 15) is 19.2 Å². The molecule has 0 aromatic rings. The zero-order valence-corrected chi connectivity index (χ0v) is 20.0. The quantitative estimate of drug-likeness (QED) is 0.315. The van der Waals surface area contributed by atoms with Gasteiger partial charge in [0, 0.05) is 39.0 Å². The SMILES string of the molecule is CC(=O)OCC1C(OC(C)=O)CC(C(C)=CCC=C(C)C)C1C1CC(OC(C)=O)CC1=O. The van der Waals surface area contributed by atoms with Gasteiger partial charge in [-0.2, -0.15) is 0 Å². The molecule has 32 heavy (non-hydrogen) atoms. The molecular formula is C25H36O7. The molecule has 0 saturated heterocycles. The average molecular weight is 449 g/mol. The standard InChI is InChI=1S/C25H36O7/c1-14(2)8-7-9-15(3)20-12-24(32-18(6)28)22(13-30-16(4)26)25(20)21-10-19(11-23(21)29)31-17(5)27/h8-9,19-22,24-25H,7,10-13H2,1-6H3. The van der Waals surface area contributed by atoms with Crippen molar-refractivity contribution < 1.29 is 33.4 Å². The van der Waals surface area contributed by atoms with Crippen molar-refractivity contribution in [2.45, 2.75) is 79.4 Å². The van der Waals surface area contributed by atoms with Crippen LogP contribution >= 0.6 is 0 Å². The van der Waals surface area contributed by atoms with E-state index in [1.165, 1.54) is 26.3 Å². The molecule has 2 aliphatic rings. The molecule has 0 amide bonds. The summed E-state index contributed by atoms with van der Waals surface area (Å²) in [6.07, 6.45) is 5.35. The van der Waals surface area contributed by atoms with Gasteiger partial charge in [0.2, 0.25) is 0 Å². The summed E-state index contributed by atoms with van der Waals surface area (Å²) in [6.45, 7) is 10.2. The number of ketones is 1. The normalized spacial score (nSPS) is 30.1. The molecule has 2 aliphatic carbocycles. The summed E-state index contributed by atoms with van der Waals surface area (Å²) in [6, 6.07) is 0. The first-order chi connectivity index (χ1) is 15.0. The molecule has 0 aromatic carbocycles. The van der Waals surface area contributed by atoms with Crippen molar-refractivity contribution in [3.63, 3.8) is 0 Å². The Kier molecular flexibility index (Phi) is 9.22. The molecule has 7 nitrogen and oxygen atoms in total. The minimum Gasteiger partial charge on any atom is -0.465 e. The Morgan fingerprint density at radius 3 is 2.12 bits per heavy atom. The number of hydrogen-bond acceptors (Lipinski definition) is 7. The zero-order valence-electron chi connectivity index (χ0n) is 20.0. The first kappa shape index (κ1) is 25.8. The fourth-order valence-corrected chi connectivity index (χ4v) is 5.18. The maximum Gasteiger partial charge on any atom is 0.302 e. The molecule has 6 unspecified atom stereocenters. The van der Waals surface area contributed by atoms with Gasteiger partial charge in [0.05, 0.1) is 6.61 Å². The van der Waals surface area contributed by atoms with Crippen molar-refractivity contribution in [3.8, 4) is 0 Å². The Morgan fingerprint density at radius 1 is 0.906 bits per heavy atom. The molecule has 178 valence electrons. The Bertz CT molecular complexity index is 790. The van der Waals surface area contributed by atoms with E-state index in [2.05, 4.69) is 12.2 Å². The summed E-state index contributed by atoms with van der Waals surface area (Å²) in [4.78, 5) is 47.8. The number of esters is 3. The smallest absolute Gasteiger partial charge is 0.302 e. The van der Waals surface area contributed by atoms with Gasteiger partial charge in [-0.25, -0.2) is 0 Å². The van der Waals surface area contributed by atoms with Gasteiger partial charge in [-0.05, 0) is 51.9 Å². The van der Waals surface area contributed by atoms with Crippen LogP contribution < -0.4 is 0 Å². The van der Waals surface area contributed by atoms with Crippen LogP contribution in [0.15, 0.2) is 23.3 Å². The van der Waals surface area contributed by atoms with E-state index >= 15 is 0 Å². The maximum absolute atomic E-state index is 13.0. The van der Waals surface area contributed by atoms with E-state index in [-0.39, 0.29) is 42.5 Å². The molecule has 0 aromatic heterocycles. The van der Waals surface area contributed by atoms with Crippen molar-refractivity contribution in [1.29, 1.82) is 0 Å². The van der Waals surface area contributed by atoms with Gasteiger partial charge in [-0.15, -0.1) is 0 Å². The second kappa shape index (κ2) is 11.4. The van der Waals surface area contributed by atoms with Crippen LogP contribution in [0, 0.1) is 23.7 Å². The maximum atomic E-state index is 13.0. The number of rotatable bonds is 8. The monoisotopic (exact) mass is 448 g/mol. The molecule has 7 heteroatoms. The number of carbonyl (C=O) groups excluding carboxylic acids is 4. The summed E-state index contributed by atoms with van der Waals surface area (Å²) in [5.74, 6) is -2.01. The lowest BCUT2D eigenvalue weighted by molar-refractivity contribution is -0.153. The Labute approximate surface area is 190 Å². The fraction of sp³-hybridized carbons (Fsp3) is 0.680. The largest absolute Gasteiger partial charge is 0.465 e. The Morgan fingerprint density at radius 2 is 1.56 bits per heavy atom. The van der Waals surface area contributed by atoms with E-state index in [4.69, 9.17) is 14.2 Å². The molecule has 0 spiro atoms. The molecule has 0 N–H and O–H groups in total. The predicted octanol–water partition coefficient (Wildman–Crippen LogP) is 3.95. The van der Waals surface area contributed by atoms with E-state index in [0.717, 1.165) is 12.0 Å². The molecule has 0 bridgehead atoms. The molecular weight excluding hydrogens is 412 g/mol. The molecule has 0 aliphatic heterocycles. The van der Waals surface area contributed by atoms with Gasteiger partial charge >= 0.3 is 17.9 Å². The van der Waals surface area contributed by atoms with Gasteiger partial charge in [-0.1, -0.05) is 23.3 Å². The third-order valence-electron chi connectivity index (χ3n) is 6.43. The number of carbonyl (C=O) groups is 4. The number of Topliss-reactive ketones (excluding diaryl/α,β-unsaturated/α-hetero) is 1. The predicted molar refractivity (Wildman–Crippen MR) is 118 cm³/mol. The molecule has 2 saturated carbocycles. The van der Waals surface area contributed by atoms with Crippen LogP contribution in [0.5, 0.6) is 0 Å². The first-order valence-electron chi connectivity index (χ1n) is 11.3. The minimum atomic E-state index is -0.450. The van der Waals surface area contributed by atoms with Gasteiger partial charge < -0.3 is 14.2 Å². The second-order valence-corrected chi connectivity index (χ2v) is 9.24. The van der Waals surface area contributed by atoms with Crippen molar-refractivity contribution >= 4 is 23.7 Å². The summed E-state index contributed by atoms with van der Waals surface area (Å²) >= 11 is 0. The second-order valence-electron chi connectivity index (χ2n) is 9.24. The molecule has 2 rings (SSSR count). The van der Waals surface area contributed by atoms with Gasteiger partial charge in [0.1, 0.15) is 18.0 Å². The van der Waals surface area contributed by atoms with Crippen LogP contribution in [-0.2, 0) is 33.4 Å². The van der Waals surface area contributed by atoms with Crippen LogP contribution in [0.4, 0.5) is 0 Å². The number of hydrogen-bond donors (Lipinski definition) is 0. The fourth-order valence-electron chi connectivity index (χ4n) is 5.18. The van der Waals surface area contributed by atoms with Gasteiger partial charge in [-0.3, -0.25) is 19.2 Å². The Hall–Kier alpha value is -2.44. The summed E-state index contributed by atoms with van der Waals surface area (Å²) in [5.41, 5.74) is 2.34. The van der Waals surface area contributed by atoms with Crippen LogP contribution in [-0.4, -0.2) is 42.5 Å². The molecule has 2 fully saturated rings. The third kappa shape index (κ3) is 7.04. The highest BCUT2D eigenvalue weighted by molar-refractivity contribution is 5.84. The lowest BCUT2D eigenvalue weighted by atomic mass is 9.75. The molecule has 0 heterocycles. The first-order valence-corrected chi connectivity index (χ1v) is 11.3.